The fourth-order valence-corrected chi connectivity index (χ4v) is 7.94. The Morgan fingerprint density at radius 1 is 0.769 bits per heavy atom. The lowest BCUT2D eigenvalue weighted by atomic mass is 9.54. The summed E-state index contributed by atoms with van der Waals surface area (Å²) < 4.78 is 0. The van der Waals surface area contributed by atoms with E-state index < -0.39 is 21.6 Å². The number of nitrogens with one attached hydrogen (secondary N) is 1. The number of unbranched alkanes of at least 4 members (excludes halogenated alkanes) is 2. The molecule has 0 saturated carbocycles. The molecule has 1 N–H and O–H groups in total. The van der Waals surface area contributed by atoms with Gasteiger partial charge in [0.2, 0.25) is 17.7 Å². The molecule has 5 nitrogen and oxygen atoms in total. The first-order chi connectivity index (χ1) is 18.8. The second-order valence-electron chi connectivity index (χ2n) is 10.7. The lowest BCUT2D eigenvalue weighted by molar-refractivity contribution is -0.140. The summed E-state index contributed by atoms with van der Waals surface area (Å²) in [4.78, 5) is 39.2. The van der Waals surface area contributed by atoms with Crippen molar-refractivity contribution in [3.05, 3.63) is 101 Å². The van der Waals surface area contributed by atoms with Crippen molar-refractivity contribution in [2.24, 2.45) is 11.8 Å². The molecule has 0 aromatic heterocycles. The van der Waals surface area contributed by atoms with Crippen molar-refractivity contribution in [2.75, 3.05) is 11.9 Å². The second-order valence-corrected chi connectivity index (χ2v) is 11.9. The van der Waals surface area contributed by atoms with Gasteiger partial charge >= 0.3 is 0 Å². The van der Waals surface area contributed by atoms with Gasteiger partial charge in [-0.3, -0.25) is 19.3 Å². The maximum atomic E-state index is 13.8. The molecule has 1 fully saturated rings. The van der Waals surface area contributed by atoms with Crippen LogP contribution in [-0.4, -0.2) is 29.2 Å². The van der Waals surface area contributed by atoms with Crippen LogP contribution in [0, 0.1) is 11.8 Å². The van der Waals surface area contributed by atoms with Crippen LogP contribution in [0.3, 0.4) is 0 Å². The van der Waals surface area contributed by atoms with Crippen molar-refractivity contribution in [3.8, 4) is 0 Å². The standard InChI is InChI=1S/C32H30Cl2N2O3/c1-2-20-12-5-10-17-25(20)35-26(37)18-4-3-11-19-36-29(38)27-28(30(36)39)32(34)22-14-7-6-13-21(22)31(27,33)23-15-8-9-16-24(23)32/h5-10,12-17,27-28H,2-4,11,18-19H2,1H3,(H,35,37)/t27-,28-,31?,32?/m1/s1. The number of likely N-dealkylation sites (tertiary alicyclic amines) is 1. The summed E-state index contributed by atoms with van der Waals surface area (Å²) in [5.41, 5.74) is 5.18. The zero-order valence-corrected chi connectivity index (χ0v) is 23.3. The number of para-hydroxylation sites is 1. The Kier molecular flexibility index (Phi) is 6.55. The van der Waals surface area contributed by atoms with Gasteiger partial charge in [-0.15, -0.1) is 23.2 Å². The fourth-order valence-electron chi connectivity index (χ4n) is 6.84. The van der Waals surface area contributed by atoms with Crippen molar-refractivity contribution >= 4 is 46.6 Å². The number of benzene rings is 3. The van der Waals surface area contributed by atoms with Gasteiger partial charge in [-0.1, -0.05) is 80.1 Å². The van der Waals surface area contributed by atoms with E-state index in [1.807, 2.05) is 72.8 Å². The molecule has 1 heterocycles. The molecule has 0 unspecified atom stereocenters. The summed E-state index contributed by atoms with van der Waals surface area (Å²) in [6, 6.07) is 23.1. The number of amides is 3. The third-order valence-electron chi connectivity index (χ3n) is 8.63. The molecule has 1 aliphatic heterocycles. The summed E-state index contributed by atoms with van der Waals surface area (Å²) in [5, 5.41) is 3.00. The second kappa shape index (κ2) is 9.79. The zero-order chi connectivity index (χ0) is 27.4. The van der Waals surface area contributed by atoms with Gasteiger partial charge in [0.15, 0.2) is 0 Å². The normalized spacial score (nSPS) is 26.3. The number of hydrogen-bond acceptors (Lipinski definition) is 3. The van der Waals surface area contributed by atoms with Crippen LogP contribution in [-0.2, 0) is 30.6 Å². The molecule has 3 aromatic carbocycles. The largest absolute Gasteiger partial charge is 0.326 e. The lowest BCUT2D eigenvalue weighted by Crippen LogP contribution is -2.57. The average molecular weight is 562 g/mol. The third kappa shape index (κ3) is 3.77. The zero-order valence-electron chi connectivity index (χ0n) is 21.8. The number of nitrogens with zero attached hydrogens (tertiary/aromatic N) is 1. The van der Waals surface area contributed by atoms with Crippen molar-refractivity contribution in [1.82, 2.24) is 4.90 Å². The lowest BCUT2D eigenvalue weighted by Gasteiger charge is -2.54. The fraction of sp³-hybridized carbons (Fsp3) is 0.344. The van der Waals surface area contributed by atoms with Crippen LogP contribution in [0.1, 0.15) is 60.4 Å². The number of rotatable bonds is 8. The average Bonchev–Trinajstić information content (AvgIpc) is 3.22. The topological polar surface area (TPSA) is 66.5 Å². The number of aryl methyl sites for hydroxylation is 1. The van der Waals surface area contributed by atoms with Crippen LogP contribution < -0.4 is 5.32 Å². The third-order valence-corrected chi connectivity index (χ3v) is 9.92. The van der Waals surface area contributed by atoms with Crippen molar-refractivity contribution in [1.29, 1.82) is 0 Å². The van der Waals surface area contributed by atoms with Gasteiger partial charge in [-0.25, -0.2) is 0 Å². The predicted octanol–water partition coefficient (Wildman–Crippen LogP) is 6.34. The predicted molar refractivity (Wildman–Crippen MR) is 153 cm³/mol. The molecule has 0 spiro atoms. The molecule has 7 rings (SSSR count). The first kappa shape index (κ1) is 26.1. The molecular weight excluding hydrogens is 531 g/mol. The SMILES string of the molecule is CCc1ccccc1NC(=O)CCCCCN1C(=O)[C@H]2[C@H](C1=O)C1(Cl)c3ccccc3C2(Cl)c2ccccc21. The highest BCUT2D eigenvalue weighted by atomic mass is 35.5. The van der Waals surface area contributed by atoms with E-state index in [1.165, 1.54) is 4.90 Å². The number of halogens is 2. The summed E-state index contributed by atoms with van der Waals surface area (Å²) in [6.07, 6.45) is 3.22. The number of carbonyl (C=O) groups is 3. The van der Waals surface area contributed by atoms with Gasteiger partial charge in [0.1, 0.15) is 9.75 Å². The van der Waals surface area contributed by atoms with E-state index in [0.717, 1.165) is 39.9 Å². The van der Waals surface area contributed by atoms with E-state index in [4.69, 9.17) is 23.2 Å². The Hall–Kier alpha value is -3.15. The van der Waals surface area contributed by atoms with E-state index in [-0.39, 0.29) is 24.3 Å². The van der Waals surface area contributed by atoms with Gasteiger partial charge in [-0.05, 0) is 53.1 Å². The highest BCUT2D eigenvalue weighted by Gasteiger charge is 2.72. The first-order valence-electron chi connectivity index (χ1n) is 13.6. The smallest absolute Gasteiger partial charge is 0.235 e. The molecule has 200 valence electrons. The molecule has 7 heteroatoms. The van der Waals surface area contributed by atoms with Crippen LogP contribution in [0.4, 0.5) is 5.69 Å². The molecule has 39 heavy (non-hydrogen) atoms. The van der Waals surface area contributed by atoms with Crippen LogP contribution in [0.15, 0.2) is 72.8 Å². The van der Waals surface area contributed by atoms with Crippen molar-refractivity contribution < 1.29 is 14.4 Å². The maximum Gasteiger partial charge on any atom is 0.235 e. The number of anilines is 1. The van der Waals surface area contributed by atoms with E-state index >= 15 is 0 Å². The molecule has 1 saturated heterocycles. The molecule has 3 aromatic rings. The van der Waals surface area contributed by atoms with Gasteiger partial charge in [0, 0.05) is 18.7 Å². The number of carbonyl (C=O) groups excluding carboxylic acids is 3. The molecule has 0 radical (unpaired) electrons. The number of alkyl halides is 2. The highest BCUT2D eigenvalue weighted by Crippen LogP contribution is 2.69. The molecule has 2 bridgehead atoms. The summed E-state index contributed by atoms with van der Waals surface area (Å²) >= 11 is 14.9. The highest BCUT2D eigenvalue weighted by molar-refractivity contribution is 6.36. The minimum atomic E-state index is -1.15. The molecular formula is C32H30Cl2N2O3. The molecule has 3 aliphatic carbocycles. The van der Waals surface area contributed by atoms with Crippen LogP contribution in [0.2, 0.25) is 0 Å². The Morgan fingerprint density at radius 3 is 1.77 bits per heavy atom. The quantitative estimate of drug-likeness (QED) is 0.198. The maximum absolute atomic E-state index is 13.8. The van der Waals surface area contributed by atoms with Gasteiger partial charge < -0.3 is 5.32 Å². The molecule has 4 aliphatic rings. The minimum absolute atomic E-state index is 0.0319. The first-order valence-corrected chi connectivity index (χ1v) is 14.4. The Labute approximate surface area is 238 Å². The van der Waals surface area contributed by atoms with E-state index in [2.05, 4.69) is 12.2 Å². The molecule has 3 amide bonds. The van der Waals surface area contributed by atoms with Crippen LogP contribution in [0.5, 0.6) is 0 Å². The minimum Gasteiger partial charge on any atom is -0.326 e. The van der Waals surface area contributed by atoms with Crippen LogP contribution >= 0.6 is 23.2 Å². The van der Waals surface area contributed by atoms with Gasteiger partial charge in [0.05, 0.1) is 11.8 Å². The molecule has 2 atom stereocenters. The number of hydrogen-bond donors (Lipinski definition) is 1. The summed E-state index contributed by atoms with van der Waals surface area (Å²) in [7, 11) is 0. The van der Waals surface area contributed by atoms with Gasteiger partial charge in [0.25, 0.3) is 0 Å². The summed E-state index contributed by atoms with van der Waals surface area (Å²) in [6.45, 7) is 2.35. The van der Waals surface area contributed by atoms with Gasteiger partial charge in [-0.2, -0.15) is 0 Å². The van der Waals surface area contributed by atoms with E-state index in [1.54, 1.807) is 0 Å². The van der Waals surface area contributed by atoms with Crippen molar-refractivity contribution in [2.45, 2.75) is 48.8 Å². The Morgan fingerprint density at radius 2 is 1.26 bits per heavy atom. The van der Waals surface area contributed by atoms with Crippen LogP contribution in [0.25, 0.3) is 0 Å². The van der Waals surface area contributed by atoms with E-state index in [9.17, 15) is 14.4 Å². The Bertz CT molecular complexity index is 1360. The van der Waals surface area contributed by atoms with Crippen molar-refractivity contribution in [3.63, 3.8) is 0 Å². The summed E-state index contributed by atoms with van der Waals surface area (Å²) in [5.74, 6) is -2.09. The monoisotopic (exact) mass is 560 g/mol. The number of imide groups is 1. The van der Waals surface area contributed by atoms with E-state index in [0.29, 0.717) is 25.7 Å². The Balaban J connectivity index is 1.16.